The molecule has 1 aromatic rings. The van der Waals surface area contributed by atoms with Gasteiger partial charge < -0.3 is 5.11 Å². The van der Waals surface area contributed by atoms with Gasteiger partial charge >= 0.3 is 12.1 Å². The van der Waals surface area contributed by atoms with Gasteiger partial charge in [0, 0.05) is 0 Å². The van der Waals surface area contributed by atoms with Crippen LogP contribution in [0.4, 0.5) is 13.2 Å². The van der Waals surface area contributed by atoms with Crippen molar-refractivity contribution >= 4 is 15.8 Å². The van der Waals surface area contributed by atoms with Crippen LogP contribution < -0.4 is 0 Å². The largest absolute Gasteiger partial charge is 0.480 e. The molecule has 4 nitrogen and oxygen atoms in total. The number of aliphatic carboxylic acids is 1. The van der Waals surface area contributed by atoms with Crippen LogP contribution in [-0.2, 0) is 20.8 Å². The van der Waals surface area contributed by atoms with Gasteiger partial charge in [0.25, 0.3) is 0 Å². The minimum absolute atomic E-state index is 0.438. The Bertz CT molecular complexity index is 588. The number of benzene rings is 1. The molecule has 1 atom stereocenters. The highest BCUT2D eigenvalue weighted by Crippen LogP contribution is 2.30. The van der Waals surface area contributed by atoms with Crippen molar-refractivity contribution in [2.24, 2.45) is 5.92 Å². The number of hydrogen-bond donors (Lipinski definition) is 1. The van der Waals surface area contributed by atoms with Crippen molar-refractivity contribution in [3.63, 3.8) is 0 Å². The molecule has 0 fully saturated rings. The van der Waals surface area contributed by atoms with Crippen LogP contribution in [0.2, 0.25) is 0 Å². The lowest BCUT2D eigenvalue weighted by Gasteiger charge is -2.17. The topological polar surface area (TPSA) is 71.4 Å². The normalized spacial score (nSPS) is 14.3. The first-order valence-corrected chi connectivity index (χ1v) is 7.16. The molecule has 0 aliphatic carbocycles. The summed E-state index contributed by atoms with van der Waals surface area (Å²) >= 11 is 0. The summed E-state index contributed by atoms with van der Waals surface area (Å²) in [6, 6.07) is 2.78. The molecule has 0 spiro atoms. The van der Waals surface area contributed by atoms with Gasteiger partial charge in [-0.3, -0.25) is 4.79 Å². The predicted octanol–water partition coefficient (Wildman–Crippen LogP) is 2.59. The second-order valence-corrected chi connectivity index (χ2v) is 6.64. The summed E-state index contributed by atoms with van der Waals surface area (Å²) in [5.41, 5.74) is -0.993. The molecule has 0 bridgehead atoms. The molecule has 0 aliphatic rings. The van der Waals surface area contributed by atoms with Crippen LogP contribution >= 0.6 is 0 Å². The van der Waals surface area contributed by atoms with Crippen LogP contribution in [-0.4, -0.2) is 24.7 Å². The van der Waals surface area contributed by atoms with Gasteiger partial charge in [0.15, 0.2) is 15.1 Å². The molecule has 0 saturated carbocycles. The average molecular weight is 310 g/mol. The molecule has 1 N–H and O–H groups in total. The van der Waals surface area contributed by atoms with Crippen LogP contribution in [0.15, 0.2) is 29.2 Å². The fourth-order valence-electron chi connectivity index (χ4n) is 1.76. The molecule has 0 amide bonds. The molecule has 1 rings (SSSR count). The van der Waals surface area contributed by atoms with Gasteiger partial charge in [-0.2, -0.15) is 13.2 Å². The molecule has 20 heavy (non-hydrogen) atoms. The zero-order valence-corrected chi connectivity index (χ0v) is 11.5. The highest BCUT2D eigenvalue weighted by atomic mass is 32.2. The Labute approximate surface area is 114 Å². The molecule has 1 unspecified atom stereocenters. The predicted molar refractivity (Wildman–Crippen MR) is 64.9 cm³/mol. The Kier molecular flexibility index (Phi) is 4.48. The monoisotopic (exact) mass is 310 g/mol. The summed E-state index contributed by atoms with van der Waals surface area (Å²) in [6.07, 6.45) is -4.58. The van der Waals surface area contributed by atoms with Crippen molar-refractivity contribution in [1.82, 2.24) is 0 Å². The van der Waals surface area contributed by atoms with Crippen molar-refractivity contribution in [3.05, 3.63) is 29.8 Å². The van der Waals surface area contributed by atoms with Gasteiger partial charge in [-0.15, -0.1) is 0 Å². The lowest BCUT2D eigenvalue weighted by Crippen LogP contribution is -2.35. The second kappa shape index (κ2) is 5.43. The Morgan fingerprint density at radius 2 is 1.60 bits per heavy atom. The summed E-state index contributed by atoms with van der Waals surface area (Å²) < 4.78 is 61.4. The Balaban J connectivity index is 3.26. The average Bonchev–Trinajstić information content (AvgIpc) is 2.26. The molecular weight excluding hydrogens is 297 g/mol. The summed E-state index contributed by atoms with van der Waals surface area (Å²) in [4.78, 5) is 10.6. The van der Waals surface area contributed by atoms with Crippen LogP contribution in [0.3, 0.4) is 0 Å². The molecule has 0 saturated heterocycles. The standard InChI is InChI=1S/C12H13F3O4S/c1-7(2)10(11(16)17)20(18,19)9-5-3-8(4-6-9)12(13,14)15/h3-7,10H,1-2H3,(H,16,17). The van der Waals surface area contributed by atoms with Crippen molar-refractivity contribution in [1.29, 1.82) is 0 Å². The van der Waals surface area contributed by atoms with Gasteiger partial charge in [0.05, 0.1) is 10.5 Å². The number of halogens is 3. The van der Waals surface area contributed by atoms with Crippen LogP contribution in [0.1, 0.15) is 19.4 Å². The summed E-state index contributed by atoms with van der Waals surface area (Å²) in [5.74, 6) is -2.24. The number of alkyl halides is 3. The highest BCUT2D eigenvalue weighted by molar-refractivity contribution is 7.92. The van der Waals surface area contributed by atoms with E-state index in [9.17, 15) is 26.4 Å². The highest BCUT2D eigenvalue weighted by Gasteiger charge is 2.37. The number of sulfone groups is 1. The lowest BCUT2D eigenvalue weighted by atomic mass is 10.1. The van der Waals surface area contributed by atoms with Crippen molar-refractivity contribution in [3.8, 4) is 0 Å². The summed E-state index contributed by atoms with van der Waals surface area (Å²) in [5, 5.41) is 7.27. The SMILES string of the molecule is CC(C)C(C(=O)O)S(=O)(=O)c1ccc(C(F)(F)F)cc1. The fourth-order valence-corrected chi connectivity index (χ4v) is 3.55. The minimum atomic E-state index is -4.58. The summed E-state index contributed by atoms with van der Waals surface area (Å²) in [6.45, 7) is 2.83. The molecule has 112 valence electrons. The van der Waals surface area contributed by atoms with Gasteiger partial charge in [0.2, 0.25) is 0 Å². The maximum Gasteiger partial charge on any atom is 0.416 e. The van der Waals surface area contributed by atoms with Gasteiger partial charge in [-0.25, -0.2) is 8.42 Å². The maximum absolute atomic E-state index is 12.4. The van der Waals surface area contributed by atoms with Crippen LogP contribution in [0.5, 0.6) is 0 Å². The van der Waals surface area contributed by atoms with Gasteiger partial charge in [-0.1, -0.05) is 13.8 Å². The van der Waals surface area contributed by atoms with Crippen molar-refractivity contribution in [2.45, 2.75) is 30.2 Å². The Hall–Kier alpha value is -1.57. The van der Waals surface area contributed by atoms with Gasteiger partial charge in [-0.05, 0) is 30.2 Å². The van der Waals surface area contributed by atoms with E-state index < -0.39 is 43.6 Å². The first kappa shape index (κ1) is 16.5. The number of carboxylic acid groups (broad SMARTS) is 1. The molecule has 8 heteroatoms. The van der Waals surface area contributed by atoms with Crippen LogP contribution in [0, 0.1) is 5.92 Å². The van der Waals surface area contributed by atoms with Gasteiger partial charge in [0.1, 0.15) is 0 Å². The first-order valence-electron chi connectivity index (χ1n) is 5.62. The van der Waals surface area contributed by atoms with E-state index in [1.165, 1.54) is 13.8 Å². The number of hydrogen-bond acceptors (Lipinski definition) is 3. The van der Waals surface area contributed by atoms with E-state index >= 15 is 0 Å². The van der Waals surface area contributed by atoms with Crippen molar-refractivity contribution < 1.29 is 31.5 Å². The second-order valence-electron chi connectivity index (χ2n) is 4.57. The van der Waals surface area contributed by atoms with E-state index in [4.69, 9.17) is 5.11 Å². The molecule has 1 aromatic carbocycles. The van der Waals surface area contributed by atoms with E-state index in [-0.39, 0.29) is 0 Å². The zero-order chi connectivity index (χ0) is 15.7. The molecule has 0 aliphatic heterocycles. The molecule has 0 radical (unpaired) electrons. The Morgan fingerprint density at radius 3 is 1.90 bits per heavy atom. The third kappa shape index (κ3) is 3.30. The molecule has 0 heterocycles. The van der Waals surface area contributed by atoms with Crippen LogP contribution in [0.25, 0.3) is 0 Å². The molecular formula is C12H13F3O4S. The third-order valence-corrected chi connectivity index (χ3v) is 5.04. The number of carboxylic acids is 1. The first-order chi connectivity index (χ1) is 8.98. The third-order valence-electron chi connectivity index (χ3n) is 2.69. The van der Waals surface area contributed by atoms with E-state index in [0.29, 0.717) is 12.1 Å². The fraction of sp³-hybridized carbons (Fsp3) is 0.417. The zero-order valence-electron chi connectivity index (χ0n) is 10.7. The number of rotatable bonds is 4. The quantitative estimate of drug-likeness (QED) is 0.928. The van der Waals surface area contributed by atoms with E-state index in [1.807, 2.05) is 0 Å². The lowest BCUT2D eigenvalue weighted by molar-refractivity contribution is -0.138. The van der Waals surface area contributed by atoms with Crippen molar-refractivity contribution in [2.75, 3.05) is 0 Å². The van der Waals surface area contributed by atoms with E-state index in [2.05, 4.69) is 0 Å². The number of carbonyl (C=O) groups is 1. The summed E-state index contributed by atoms with van der Waals surface area (Å²) in [7, 11) is -4.23. The Morgan fingerprint density at radius 1 is 1.15 bits per heavy atom. The smallest absolute Gasteiger partial charge is 0.416 e. The maximum atomic E-state index is 12.4. The minimum Gasteiger partial charge on any atom is -0.480 e. The molecule has 0 aromatic heterocycles. The van der Waals surface area contributed by atoms with E-state index in [0.717, 1.165) is 12.1 Å². The van der Waals surface area contributed by atoms with E-state index in [1.54, 1.807) is 0 Å².